The van der Waals surface area contributed by atoms with E-state index in [1.807, 2.05) is 18.2 Å². The van der Waals surface area contributed by atoms with Gasteiger partial charge in [0.1, 0.15) is 16.2 Å². The van der Waals surface area contributed by atoms with Crippen molar-refractivity contribution in [1.29, 1.82) is 0 Å². The van der Waals surface area contributed by atoms with Crippen molar-refractivity contribution in [2.45, 2.75) is 4.71 Å². The summed E-state index contributed by atoms with van der Waals surface area (Å²) >= 11 is 5.98. The molecule has 1 unspecified atom stereocenters. The number of nitrogens with one attached hydrogen (secondary N) is 1. The number of hydrogen-bond acceptors (Lipinski definition) is 6. The highest BCUT2D eigenvalue weighted by atomic mass is 32.2. The second-order valence-electron chi connectivity index (χ2n) is 4.47. The van der Waals surface area contributed by atoms with E-state index in [9.17, 15) is 10.1 Å². The molecule has 1 aliphatic rings. The number of nitrogens with zero attached hydrogens (tertiary/aromatic N) is 1. The van der Waals surface area contributed by atoms with E-state index in [-0.39, 0.29) is 10.4 Å². The van der Waals surface area contributed by atoms with E-state index in [2.05, 4.69) is 17.9 Å². The van der Waals surface area contributed by atoms with Crippen LogP contribution in [-0.2, 0) is 0 Å². The highest BCUT2D eigenvalue weighted by Gasteiger charge is 2.16. The molecule has 2 aromatic rings. The molecule has 1 fully saturated rings. The molecule has 5 nitrogen and oxygen atoms in total. The average molecular weight is 320 g/mol. The zero-order chi connectivity index (χ0) is 14.8. The Kier molecular flexibility index (Phi) is 4.05. The van der Waals surface area contributed by atoms with Gasteiger partial charge in [-0.2, -0.15) is 0 Å². The molecule has 0 radical (unpaired) electrons. The first-order valence-corrected chi connectivity index (χ1v) is 7.65. The van der Waals surface area contributed by atoms with Crippen LogP contribution in [0.2, 0.25) is 0 Å². The summed E-state index contributed by atoms with van der Waals surface area (Å²) in [7, 11) is 0. The largest absolute Gasteiger partial charge is 0.457 e. The van der Waals surface area contributed by atoms with Crippen molar-refractivity contribution < 1.29 is 9.34 Å². The topological polar surface area (TPSA) is 68.3 Å². The van der Waals surface area contributed by atoms with Crippen molar-refractivity contribution in [2.75, 3.05) is 6.54 Å². The van der Waals surface area contributed by atoms with E-state index in [1.165, 1.54) is 17.0 Å². The standard InChI is InChI=1S/C14H12N2O3S2/c17-16(18)10-3-1-9(2-4-10)13-6-5-11(19-13)7-12-8-15-14(20)21-12/h1-7,14-15,20H,8H2/b12-7+. The highest BCUT2D eigenvalue weighted by molar-refractivity contribution is 8.13. The number of thioether (sulfide) groups is 1. The monoisotopic (exact) mass is 320 g/mol. The first-order chi connectivity index (χ1) is 10.1. The van der Waals surface area contributed by atoms with Gasteiger partial charge >= 0.3 is 0 Å². The Bertz CT molecular complexity index is 694. The third kappa shape index (κ3) is 3.31. The lowest BCUT2D eigenvalue weighted by atomic mass is 10.1. The Morgan fingerprint density at radius 1 is 1.33 bits per heavy atom. The van der Waals surface area contributed by atoms with Gasteiger partial charge in [0.25, 0.3) is 5.69 Å². The fourth-order valence-corrected chi connectivity index (χ4v) is 3.29. The number of nitro groups is 1. The SMILES string of the molecule is O=[N+]([O-])c1ccc(-c2ccc(/C=C3\CNC(S)S3)o2)cc1. The molecule has 0 saturated carbocycles. The van der Waals surface area contributed by atoms with Crippen LogP contribution in [0.1, 0.15) is 5.76 Å². The van der Waals surface area contributed by atoms with Crippen LogP contribution >= 0.6 is 24.4 Å². The van der Waals surface area contributed by atoms with Gasteiger partial charge < -0.3 is 4.42 Å². The average Bonchev–Trinajstić information content (AvgIpc) is 3.09. The number of non-ortho nitro benzene ring substituents is 1. The lowest BCUT2D eigenvalue weighted by Gasteiger charge is -1.97. The first kappa shape index (κ1) is 14.2. The third-order valence-electron chi connectivity index (χ3n) is 3.01. The molecular formula is C14H12N2O3S2. The Balaban J connectivity index is 1.80. The Morgan fingerprint density at radius 2 is 2.10 bits per heavy atom. The number of hydrogen-bond donors (Lipinski definition) is 2. The van der Waals surface area contributed by atoms with Crippen molar-refractivity contribution in [2.24, 2.45) is 0 Å². The Morgan fingerprint density at radius 3 is 2.71 bits per heavy atom. The smallest absolute Gasteiger partial charge is 0.269 e. The van der Waals surface area contributed by atoms with E-state index >= 15 is 0 Å². The number of rotatable bonds is 3. The predicted molar refractivity (Wildman–Crippen MR) is 87.1 cm³/mol. The van der Waals surface area contributed by atoms with Gasteiger partial charge in [0.05, 0.1) is 4.92 Å². The summed E-state index contributed by atoms with van der Waals surface area (Å²) < 4.78 is 5.88. The summed E-state index contributed by atoms with van der Waals surface area (Å²) in [6.45, 7) is 0.784. The first-order valence-electron chi connectivity index (χ1n) is 6.25. The molecule has 2 heterocycles. The summed E-state index contributed by atoms with van der Waals surface area (Å²) in [5.41, 5.74) is 0.885. The summed E-state index contributed by atoms with van der Waals surface area (Å²) in [6.07, 6.45) is 1.97. The molecule has 1 saturated heterocycles. The molecule has 0 bridgehead atoms. The zero-order valence-electron chi connectivity index (χ0n) is 10.9. The van der Waals surface area contributed by atoms with Gasteiger partial charge in [-0.05, 0) is 30.3 Å². The number of nitro benzene ring substituents is 1. The minimum Gasteiger partial charge on any atom is -0.457 e. The van der Waals surface area contributed by atoms with Gasteiger partial charge in [0.15, 0.2) is 0 Å². The molecule has 0 spiro atoms. The predicted octanol–water partition coefficient (Wildman–Crippen LogP) is 3.75. The molecular weight excluding hydrogens is 308 g/mol. The van der Waals surface area contributed by atoms with Gasteiger partial charge in [-0.1, -0.05) is 11.8 Å². The van der Waals surface area contributed by atoms with E-state index in [0.29, 0.717) is 5.76 Å². The maximum absolute atomic E-state index is 10.6. The van der Waals surface area contributed by atoms with Gasteiger partial charge in [0, 0.05) is 29.1 Å². The summed E-state index contributed by atoms with van der Waals surface area (Å²) in [5.74, 6) is 1.45. The highest BCUT2D eigenvalue weighted by Crippen LogP contribution is 2.31. The van der Waals surface area contributed by atoms with Crippen molar-refractivity contribution >= 4 is 36.2 Å². The molecule has 1 aromatic carbocycles. The van der Waals surface area contributed by atoms with Crippen LogP contribution in [0.25, 0.3) is 17.4 Å². The minimum atomic E-state index is -0.417. The molecule has 0 aliphatic carbocycles. The maximum atomic E-state index is 10.6. The zero-order valence-corrected chi connectivity index (χ0v) is 12.6. The minimum absolute atomic E-state index is 0.0703. The number of thiol groups is 1. The molecule has 3 rings (SSSR count). The Hall–Kier alpha value is -1.70. The Labute approximate surface area is 131 Å². The number of furan rings is 1. The fraction of sp³-hybridized carbons (Fsp3) is 0.143. The molecule has 1 aliphatic heterocycles. The number of benzene rings is 1. The van der Waals surface area contributed by atoms with Gasteiger partial charge in [-0.3, -0.25) is 15.4 Å². The molecule has 108 valence electrons. The second-order valence-corrected chi connectivity index (χ2v) is 6.57. The van der Waals surface area contributed by atoms with Crippen LogP contribution < -0.4 is 5.32 Å². The normalized spacial score (nSPS) is 20.0. The molecule has 21 heavy (non-hydrogen) atoms. The van der Waals surface area contributed by atoms with E-state index in [0.717, 1.165) is 17.9 Å². The van der Waals surface area contributed by atoms with Gasteiger partial charge in [-0.25, -0.2) is 0 Å². The van der Waals surface area contributed by atoms with Crippen molar-refractivity contribution in [3.63, 3.8) is 0 Å². The van der Waals surface area contributed by atoms with Crippen molar-refractivity contribution in [3.05, 3.63) is 57.2 Å². The second kappa shape index (κ2) is 5.97. The van der Waals surface area contributed by atoms with Crippen LogP contribution in [0.15, 0.2) is 45.7 Å². The van der Waals surface area contributed by atoms with Crippen LogP contribution in [-0.4, -0.2) is 16.2 Å². The fourth-order valence-electron chi connectivity index (χ4n) is 1.99. The lowest BCUT2D eigenvalue weighted by molar-refractivity contribution is -0.384. The van der Waals surface area contributed by atoms with Crippen molar-refractivity contribution in [1.82, 2.24) is 5.32 Å². The van der Waals surface area contributed by atoms with Crippen LogP contribution in [0.5, 0.6) is 0 Å². The van der Waals surface area contributed by atoms with Gasteiger partial charge in [0.2, 0.25) is 0 Å². The summed E-state index contributed by atoms with van der Waals surface area (Å²) in [4.78, 5) is 11.4. The molecule has 1 aromatic heterocycles. The van der Waals surface area contributed by atoms with Crippen molar-refractivity contribution in [3.8, 4) is 11.3 Å². The van der Waals surface area contributed by atoms with Crippen LogP contribution in [0.3, 0.4) is 0 Å². The summed E-state index contributed by atoms with van der Waals surface area (Å²) in [6, 6.07) is 10.1. The van der Waals surface area contributed by atoms with Crippen LogP contribution in [0, 0.1) is 10.1 Å². The molecule has 7 heteroatoms. The van der Waals surface area contributed by atoms with Crippen LogP contribution in [0.4, 0.5) is 5.69 Å². The van der Waals surface area contributed by atoms with E-state index in [1.54, 1.807) is 23.9 Å². The van der Waals surface area contributed by atoms with Gasteiger partial charge in [-0.15, -0.1) is 12.6 Å². The lowest BCUT2D eigenvalue weighted by Crippen LogP contribution is -2.12. The molecule has 0 amide bonds. The van der Waals surface area contributed by atoms with E-state index < -0.39 is 4.92 Å². The third-order valence-corrected chi connectivity index (χ3v) is 4.46. The molecule has 1 N–H and O–H groups in total. The summed E-state index contributed by atoms with van der Waals surface area (Å²) in [5, 5.41) is 13.8. The maximum Gasteiger partial charge on any atom is 0.269 e. The van der Waals surface area contributed by atoms with E-state index in [4.69, 9.17) is 4.42 Å². The quantitative estimate of drug-likeness (QED) is 0.512. The molecule has 1 atom stereocenters.